The number of carbonyl (C=O) groups is 1. The molecule has 2 atom stereocenters. The zero-order valence-electron chi connectivity index (χ0n) is 10.5. The van der Waals surface area contributed by atoms with Crippen molar-refractivity contribution in [1.82, 2.24) is 10.2 Å². The molecule has 2 aliphatic rings. The van der Waals surface area contributed by atoms with Crippen molar-refractivity contribution in [3.63, 3.8) is 0 Å². The standard InChI is InChI=1S/C12H23N3O.ClH/c1-9(15-7-6-10(13)8-15)12(16)14-11-4-2-3-5-11;/h9-11H,2-8,13H2,1H3,(H,14,16);1H/t9?,10-;/m1./s1. The molecule has 0 radical (unpaired) electrons. The van der Waals surface area contributed by atoms with Crippen molar-refractivity contribution in [2.45, 2.75) is 57.2 Å². The number of nitrogens with one attached hydrogen (secondary N) is 1. The number of halogens is 1. The molecule has 1 saturated heterocycles. The van der Waals surface area contributed by atoms with E-state index < -0.39 is 0 Å². The third kappa shape index (κ3) is 3.83. The lowest BCUT2D eigenvalue weighted by Gasteiger charge is -2.24. The van der Waals surface area contributed by atoms with Gasteiger partial charge in [-0.1, -0.05) is 12.8 Å². The van der Waals surface area contributed by atoms with Gasteiger partial charge in [0.15, 0.2) is 0 Å². The van der Waals surface area contributed by atoms with Crippen LogP contribution in [0.5, 0.6) is 0 Å². The van der Waals surface area contributed by atoms with Crippen molar-refractivity contribution in [3.8, 4) is 0 Å². The Labute approximate surface area is 110 Å². The molecule has 2 rings (SSSR count). The summed E-state index contributed by atoms with van der Waals surface area (Å²) in [5.41, 5.74) is 5.85. The first-order valence-electron chi connectivity index (χ1n) is 6.47. The highest BCUT2D eigenvalue weighted by atomic mass is 35.5. The maximum Gasteiger partial charge on any atom is 0.237 e. The molecule has 1 amide bonds. The molecule has 0 aromatic carbocycles. The van der Waals surface area contributed by atoms with Crippen LogP contribution in [-0.4, -0.2) is 42.0 Å². The van der Waals surface area contributed by atoms with Gasteiger partial charge in [-0.15, -0.1) is 12.4 Å². The van der Waals surface area contributed by atoms with Gasteiger partial charge in [0, 0.05) is 25.2 Å². The summed E-state index contributed by atoms with van der Waals surface area (Å²) in [7, 11) is 0. The van der Waals surface area contributed by atoms with Crippen molar-refractivity contribution < 1.29 is 4.79 Å². The van der Waals surface area contributed by atoms with E-state index in [1.54, 1.807) is 0 Å². The average Bonchev–Trinajstić information content (AvgIpc) is 2.88. The van der Waals surface area contributed by atoms with E-state index in [4.69, 9.17) is 5.73 Å². The summed E-state index contributed by atoms with van der Waals surface area (Å²) in [6, 6.07) is 0.655. The lowest BCUT2D eigenvalue weighted by molar-refractivity contribution is -0.126. The van der Waals surface area contributed by atoms with Crippen molar-refractivity contribution in [2.24, 2.45) is 5.73 Å². The van der Waals surface area contributed by atoms with Crippen molar-refractivity contribution >= 4 is 18.3 Å². The van der Waals surface area contributed by atoms with Crippen LogP contribution in [0.2, 0.25) is 0 Å². The number of hydrogen-bond donors (Lipinski definition) is 2. The molecule has 2 fully saturated rings. The van der Waals surface area contributed by atoms with Crippen molar-refractivity contribution in [3.05, 3.63) is 0 Å². The zero-order chi connectivity index (χ0) is 11.5. The fourth-order valence-corrected chi connectivity index (χ4v) is 2.72. The van der Waals surface area contributed by atoms with Crippen LogP contribution in [0.1, 0.15) is 39.0 Å². The van der Waals surface area contributed by atoms with E-state index in [1.807, 2.05) is 6.92 Å². The van der Waals surface area contributed by atoms with Crippen LogP contribution < -0.4 is 11.1 Å². The Hall–Kier alpha value is -0.320. The highest BCUT2D eigenvalue weighted by Gasteiger charge is 2.29. The SMILES string of the molecule is CC(C(=O)NC1CCCC1)N1CC[C@@H](N)C1.Cl. The molecule has 1 aliphatic carbocycles. The monoisotopic (exact) mass is 261 g/mol. The highest BCUT2D eigenvalue weighted by molar-refractivity contribution is 5.85. The van der Waals surface area contributed by atoms with E-state index in [9.17, 15) is 4.79 Å². The fraction of sp³-hybridized carbons (Fsp3) is 0.917. The molecule has 1 unspecified atom stereocenters. The van der Waals surface area contributed by atoms with Crippen LogP contribution in [0.4, 0.5) is 0 Å². The number of nitrogens with zero attached hydrogens (tertiary/aromatic N) is 1. The zero-order valence-corrected chi connectivity index (χ0v) is 11.3. The van der Waals surface area contributed by atoms with Gasteiger partial charge in [-0.25, -0.2) is 0 Å². The molecule has 100 valence electrons. The molecular weight excluding hydrogens is 238 g/mol. The largest absolute Gasteiger partial charge is 0.352 e. The van der Waals surface area contributed by atoms with E-state index in [2.05, 4.69) is 10.2 Å². The maximum atomic E-state index is 12.0. The van der Waals surface area contributed by atoms with Gasteiger partial charge < -0.3 is 11.1 Å². The van der Waals surface area contributed by atoms with Gasteiger partial charge in [-0.05, 0) is 26.2 Å². The van der Waals surface area contributed by atoms with Crippen LogP contribution in [-0.2, 0) is 4.79 Å². The molecule has 1 saturated carbocycles. The molecule has 0 spiro atoms. The Morgan fingerprint density at radius 2 is 2.00 bits per heavy atom. The Balaban J connectivity index is 0.00000144. The summed E-state index contributed by atoms with van der Waals surface area (Å²) in [5, 5.41) is 3.15. The van der Waals surface area contributed by atoms with Gasteiger partial charge >= 0.3 is 0 Å². The fourth-order valence-electron chi connectivity index (χ4n) is 2.72. The van der Waals surface area contributed by atoms with E-state index >= 15 is 0 Å². The molecule has 3 N–H and O–H groups in total. The van der Waals surface area contributed by atoms with Crippen molar-refractivity contribution in [1.29, 1.82) is 0 Å². The Morgan fingerprint density at radius 1 is 1.35 bits per heavy atom. The van der Waals surface area contributed by atoms with Crippen LogP contribution >= 0.6 is 12.4 Å². The highest BCUT2D eigenvalue weighted by Crippen LogP contribution is 2.18. The first-order chi connectivity index (χ1) is 7.66. The molecule has 4 nitrogen and oxygen atoms in total. The summed E-state index contributed by atoms with van der Waals surface area (Å²) in [5.74, 6) is 0.181. The van der Waals surface area contributed by atoms with Gasteiger partial charge in [-0.3, -0.25) is 9.69 Å². The summed E-state index contributed by atoms with van der Waals surface area (Å²) in [4.78, 5) is 14.2. The molecule has 1 aliphatic heterocycles. The summed E-state index contributed by atoms with van der Waals surface area (Å²) in [6.07, 6.45) is 5.83. The van der Waals surface area contributed by atoms with Gasteiger partial charge in [0.05, 0.1) is 6.04 Å². The molecule has 0 bridgehead atoms. The van der Waals surface area contributed by atoms with Gasteiger partial charge in [0.25, 0.3) is 0 Å². The third-order valence-corrected chi connectivity index (χ3v) is 3.88. The summed E-state index contributed by atoms with van der Waals surface area (Å²) >= 11 is 0. The number of nitrogens with two attached hydrogens (primary N) is 1. The smallest absolute Gasteiger partial charge is 0.237 e. The molecule has 0 aromatic rings. The number of likely N-dealkylation sites (tertiary alicyclic amines) is 1. The molecule has 1 heterocycles. The normalized spacial score (nSPS) is 27.8. The van der Waals surface area contributed by atoms with Crippen LogP contribution in [0.3, 0.4) is 0 Å². The molecule has 5 heteroatoms. The minimum absolute atomic E-state index is 0. The number of hydrogen-bond acceptors (Lipinski definition) is 3. The second-order valence-corrected chi connectivity index (χ2v) is 5.21. The lowest BCUT2D eigenvalue weighted by Crippen LogP contribution is -2.47. The van der Waals surface area contributed by atoms with E-state index in [0.29, 0.717) is 6.04 Å². The number of amides is 1. The van der Waals surface area contributed by atoms with Crippen LogP contribution in [0.15, 0.2) is 0 Å². The Bertz CT molecular complexity index is 256. The third-order valence-electron chi connectivity index (χ3n) is 3.88. The van der Waals surface area contributed by atoms with Gasteiger partial charge in [0.1, 0.15) is 0 Å². The minimum Gasteiger partial charge on any atom is -0.352 e. The average molecular weight is 262 g/mol. The Kier molecular flexibility index (Phi) is 5.70. The Morgan fingerprint density at radius 3 is 2.53 bits per heavy atom. The quantitative estimate of drug-likeness (QED) is 0.793. The predicted molar refractivity (Wildman–Crippen MR) is 71.3 cm³/mol. The molecule has 0 aromatic heterocycles. The molecule has 17 heavy (non-hydrogen) atoms. The second kappa shape index (κ2) is 6.57. The lowest BCUT2D eigenvalue weighted by atomic mass is 10.2. The van der Waals surface area contributed by atoms with Crippen LogP contribution in [0, 0.1) is 0 Å². The van der Waals surface area contributed by atoms with E-state index in [0.717, 1.165) is 32.4 Å². The molecular formula is C12H24ClN3O. The first kappa shape index (κ1) is 14.7. The number of rotatable bonds is 3. The van der Waals surface area contributed by atoms with Gasteiger partial charge in [0.2, 0.25) is 5.91 Å². The predicted octanol–water partition coefficient (Wildman–Crippen LogP) is 0.888. The minimum atomic E-state index is -0.0193. The topological polar surface area (TPSA) is 58.4 Å². The van der Waals surface area contributed by atoms with E-state index in [1.165, 1.54) is 12.8 Å². The van der Waals surface area contributed by atoms with E-state index in [-0.39, 0.29) is 30.4 Å². The number of carbonyl (C=O) groups excluding carboxylic acids is 1. The van der Waals surface area contributed by atoms with Gasteiger partial charge in [-0.2, -0.15) is 0 Å². The second-order valence-electron chi connectivity index (χ2n) is 5.21. The van der Waals surface area contributed by atoms with Crippen LogP contribution in [0.25, 0.3) is 0 Å². The maximum absolute atomic E-state index is 12.0. The summed E-state index contributed by atoms with van der Waals surface area (Å²) < 4.78 is 0. The summed E-state index contributed by atoms with van der Waals surface area (Å²) in [6.45, 7) is 3.81. The van der Waals surface area contributed by atoms with Crippen molar-refractivity contribution in [2.75, 3.05) is 13.1 Å². The first-order valence-corrected chi connectivity index (χ1v) is 6.47.